The highest BCUT2D eigenvalue weighted by molar-refractivity contribution is 6.20. The first-order valence-electron chi connectivity index (χ1n) is 6.58. The van der Waals surface area contributed by atoms with Crippen molar-refractivity contribution < 1.29 is 9.18 Å². The molecule has 1 aromatic rings. The minimum Gasteiger partial charge on any atom is -0.323 e. The number of nitriles is 1. The van der Waals surface area contributed by atoms with Crippen LogP contribution in [0.5, 0.6) is 0 Å². The van der Waals surface area contributed by atoms with Crippen molar-refractivity contribution >= 4 is 23.2 Å². The average Bonchev–Trinajstić information content (AvgIpc) is 2.82. The van der Waals surface area contributed by atoms with Crippen LogP contribution in [0.3, 0.4) is 0 Å². The molecule has 0 aliphatic carbocycles. The zero-order valence-electron chi connectivity index (χ0n) is 11.8. The number of carbonyl (C=O) groups is 1. The Balaban J connectivity index is 2.23. The van der Waals surface area contributed by atoms with Crippen molar-refractivity contribution in [2.45, 2.75) is 18.2 Å². The van der Waals surface area contributed by atoms with Crippen LogP contribution in [0.15, 0.2) is 17.1 Å². The zero-order chi connectivity index (χ0) is 16.3. The average molecular weight is 328 g/mol. The Bertz CT molecular complexity index is 671. The quantitative estimate of drug-likeness (QED) is 0.602. The topological polar surface area (TPSA) is 90.2 Å². The molecule has 2 heterocycles. The van der Waals surface area contributed by atoms with E-state index in [9.17, 15) is 14.0 Å². The number of likely N-dealkylation sites (N-methyl/N-ethyl adjacent to an activating group) is 1. The summed E-state index contributed by atoms with van der Waals surface area (Å²) in [5.74, 6) is -0.326. The van der Waals surface area contributed by atoms with E-state index in [-0.39, 0.29) is 23.7 Å². The summed E-state index contributed by atoms with van der Waals surface area (Å²) in [6, 6.07) is 2.54. The molecule has 0 spiro atoms. The number of amides is 1. The lowest BCUT2D eigenvalue weighted by Gasteiger charge is -2.20. The molecule has 118 valence electrons. The van der Waals surface area contributed by atoms with Crippen LogP contribution in [-0.2, 0) is 11.3 Å². The van der Waals surface area contributed by atoms with Gasteiger partial charge in [0.05, 0.1) is 12.2 Å². The van der Waals surface area contributed by atoms with Gasteiger partial charge in [0.25, 0.3) is 5.56 Å². The maximum atomic E-state index is 12.5. The van der Waals surface area contributed by atoms with Crippen molar-refractivity contribution in [3.05, 3.63) is 28.2 Å². The van der Waals surface area contributed by atoms with Gasteiger partial charge in [0.15, 0.2) is 0 Å². The summed E-state index contributed by atoms with van der Waals surface area (Å²) in [5.41, 5.74) is -0.912. The third-order valence-corrected chi connectivity index (χ3v) is 3.89. The van der Waals surface area contributed by atoms with E-state index in [1.165, 1.54) is 12.3 Å². The van der Waals surface area contributed by atoms with Gasteiger partial charge in [-0.1, -0.05) is 11.6 Å². The highest BCUT2D eigenvalue weighted by Gasteiger charge is 2.33. The van der Waals surface area contributed by atoms with E-state index >= 15 is 0 Å². The van der Waals surface area contributed by atoms with Crippen molar-refractivity contribution in [2.24, 2.45) is 0 Å². The lowest BCUT2D eigenvalue weighted by molar-refractivity contribution is -0.119. The molecule has 0 bridgehead atoms. The Hall–Kier alpha value is -1.95. The summed E-state index contributed by atoms with van der Waals surface area (Å²) in [6.07, 6.45) is 1.32. The van der Waals surface area contributed by atoms with Crippen molar-refractivity contribution in [1.29, 1.82) is 5.26 Å². The van der Waals surface area contributed by atoms with Crippen molar-refractivity contribution in [3.8, 4) is 6.07 Å². The molecular weight excluding hydrogens is 313 g/mol. The molecule has 2 N–H and O–H groups in total. The summed E-state index contributed by atoms with van der Waals surface area (Å²) in [7, 11) is 1.70. The van der Waals surface area contributed by atoms with Crippen molar-refractivity contribution in [2.75, 3.05) is 25.6 Å². The first-order chi connectivity index (χ1) is 10.5. The molecule has 22 heavy (non-hydrogen) atoms. The van der Waals surface area contributed by atoms with Crippen LogP contribution in [-0.4, -0.2) is 47.3 Å². The highest BCUT2D eigenvalue weighted by atomic mass is 35.5. The second-order valence-corrected chi connectivity index (χ2v) is 5.27. The lowest BCUT2D eigenvalue weighted by atomic mass is 10.2. The van der Waals surface area contributed by atoms with Gasteiger partial charge in [0.1, 0.15) is 30.0 Å². The number of rotatable bonds is 4. The van der Waals surface area contributed by atoms with E-state index < -0.39 is 23.9 Å². The highest BCUT2D eigenvalue weighted by Crippen LogP contribution is 2.14. The first kappa shape index (κ1) is 16.4. The van der Waals surface area contributed by atoms with Gasteiger partial charge < -0.3 is 9.88 Å². The fourth-order valence-electron chi connectivity index (χ4n) is 2.20. The number of aromatic nitrogens is 1. The van der Waals surface area contributed by atoms with Crippen LogP contribution in [0.4, 0.5) is 10.1 Å². The number of pyridine rings is 1. The molecule has 1 saturated heterocycles. The molecule has 0 radical (unpaired) electrons. The number of halogens is 2. The number of nitrogens with one attached hydrogen (secondary N) is 2. The maximum Gasteiger partial charge on any atom is 0.268 e. The monoisotopic (exact) mass is 327 g/mol. The van der Waals surface area contributed by atoms with Crippen LogP contribution >= 0.6 is 11.6 Å². The summed E-state index contributed by atoms with van der Waals surface area (Å²) in [6.45, 7) is -0.539. The third kappa shape index (κ3) is 3.27. The molecule has 1 aromatic heterocycles. The van der Waals surface area contributed by atoms with Gasteiger partial charge in [-0.05, 0) is 13.1 Å². The molecule has 9 heteroatoms. The normalized spacial score (nSPS) is 21.5. The number of hydrogen-bond donors (Lipinski definition) is 2. The molecule has 1 aliphatic heterocycles. The minimum absolute atomic E-state index is 0.153. The predicted molar refractivity (Wildman–Crippen MR) is 79.2 cm³/mol. The Morgan fingerprint density at radius 1 is 1.68 bits per heavy atom. The Morgan fingerprint density at radius 2 is 2.41 bits per heavy atom. The molecule has 0 saturated carbocycles. The fraction of sp³-hybridized carbons (Fsp3) is 0.462. The predicted octanol–water partition coefficient (Wildman–Crippen LogP) is 0.0540. The third-order valence-electron chi connectivity index (χ3n) is 3.43. The van der Waals surface area contributed by atoms with Crippen molar-refractivity contribution in [3.63, 3.8) is 0 Å². The molecule has 2 rings (SSSR count). The zero-order valence-corrected chi connectivity index (χ0v) is 12.6. The summed E-state index contributed by atoms with van der Waals surface area (Å²) >= 11 is 5.94. The van der Waals surface area contributed by atoms with Gasteiger partial charge in [0.2, 0.25) is 5.91 Å². The van der Waals surface area contributed by atoms with Gasteiger partial charge in [0, 0.05) is 12.7 Å². The molecule has 1 amide bonds. The number of anilines is 1. The second-order valence-electron chi connectivity index (χ2n) is 4.86. The first-order valence-corrected chi connectivity index (χ1v) is 7.02. The van der Waals surface area contributed by atoms with Gasteiger partial charge in [-0.15, -0.1) is 0 Å². The van der Waals surface area contributed by atoms with Crippen LogP contribution in [0.2, 0.25) is 0 Å². The maximum absolute atomic E-state index is 12.5. The second kappa shape index (κ2) is 6.87. The molecule has 7 nitrogen and oxygen atoms in total. The minimum atomic E-state index is -0.745. The SMILES string of the molecule is CN1C(Cl)NCC1C(=O)Nc1cc(C#N)c(=O)n(CCF)c1. The number of carbonyl (C=O) groups excluding carboxylic acids is 1. The lowest BCUT2D eigenvalue weighted by Crippen LogP contribution is -2.40. The summed E-state index contributed by atoms with van der Waals surface area (Å²) in [4.78, 5) is 25.7. The Morgan fingerprint density at radius 3 is 2.95 bits per heavy atom. The smallest absolute Gasteiger partial charge is 0.268 e. The molecular formula is C13H15ClFN5O2. The molecule has 1 aliphatic rings. The van der Waals surface area contributed by atoms with Gasteiger partial charge in [-0.25, -0.2) is 4.39 Å². The molecule has 1 fully saturated rings. The number of hydrogen-bond acceptors (Lipinski definition) is 5. The number of aryl methyl sites for hydroxylation is 1. The largest absolute Gasteiger partial charge is 0.323 e. The molecule has 2 unspecified atom stereocenters. The van der Waals surface area contributed by atoms with Crippen LogP contribution in [0.25, 0.3) is 0 Å². The van der Waals surface area contributed by atoms with E-state index in [0.29, 0.717) is 6.54 Å². The van der Waals surface area contributed by atoms with E-state index in [4.69, 9.17) is 16.9 Å². The van der Waals surface area contributed by atoms with Gasteiger partial charge in [-0.3, -0.25) is 19.8 Å². The van der Waals surface area contributed by atoms with E-state index in [1.54, 1.807) is 18.0 Å². The summed E-state index contributed by atoms with van der Waals surface area (Å²) < 4.78 is 13.5. The Kier molecular flexibility index (Phi) is 5.13. The van der Waals surface area contributed by atoms with Crippen molar-refractivity contribution in [1.82, 2.24) is 14.8 Å². The summed E-state index contributed by atoms with van der Waals surface area (Å²) in [5, 5.41) is 14.5. The Labute approximate surface area is 131 Å². The van der Waals surface area contributed by atoms with Crippen LogP contribution in [0.1, 0.15) is 5.56 Å². The van der Waals surface area contributed by atoms with Gasteiger partial charge in [-0.2, -0.15) is 5.26 Å². The number of nitrogens with zero attached hydrogens (tertiary/aromatic N) is 3. The van der Waals surface area contributed by atoms with Crippen LogP contribution < -0.4 is 16.2 Å². The molecule has 0 aromatic carbocycles. The van der Waals surface area contributed by atoms with Crippen LogP contribution in [0, 0.1) is 11.3 Å². The molecule has 2 atom stereocenters. The fourth-order valence-corrected chi connectivity index (χ4v) is 2.42. The van der Waals surface area contributed by atoms with E-state index in [0.717, 1.165) is 4.57 Å². The standard InChI is InChI=1S/C13H15ClFN5O2/c1-19-10(6-17-13(19)14)11(21)18-9-4-8(5-16)12(22)20(7-9)3-2-15/h4,7,10,13,17H,2-3,6H2,1H3,(H,18,21). The number of alkyl halides is 2. The van der Waals surface area contributed by atoms with E-state index in [1.807, 2.05) is 0 Å². The van der Waals surface area contributed by atoms with Gasteiger partial charge >= 0.3 is 0 Å². The van der Waals surface area contributed by atoms with E-state index in [2.05, 4.69) is 10.6 Å².